The standard InChI is InChI=1S/C12H16OS/c13-11-7-4-8-12(11)14-9-10-5-2-1-3-6-10/h1-3,5-6,11-13H,4,7-9H2/t11-,12-/m1/s1. The van der Waals surface area contributed by atoms with E-state index in [1.807, 2.05) is 17.8 Å². The number of aliphatic hydroxyl groups is 1. The fraction of sp³-hybridized carbons (Fsp3) is 0.500. The lowest BCUT2D eigenvalue weighted by molar-refractivity contribution is 0.188. The van der Waals surface area contributed by atoms with Crippen LogP contribution in [0, 0.1) is 0 Å². The number of hydrogen-bond acceptors (Lipinski definition) is 2. The zero-order chi connectivity index (χ0) is 9.80. The molecule has 0 aliphatic heterocycles. The molecule has 0 saturated heterocycles. The summed E-state index contributed by atoms with van der Waals surface area (Å²) in [7, 11) is 0. The molecule has 1 saturated carbocycles. The van der Waals surface area contributed by atoms with Crippen molar-refractivity contribution in [2.75, 3.05) is 0 Å². The van der Waals surface area contributed by atoms with Crippen LogP contribution < -0.4 is 0 Å². The summed E-state index contributed by atoms with van der Waals surface area (Å²) in [5.74, 6) is 1.03. The minimum Gasteiger partial charge on any atom is -0.392 e. The van der Waals surface area contributed by atoms with Crippen LogP contribution >= 0.6 is 11.8 Å². The highest BCUT2D eigenvalue weighted by atomic mass is 32.2. The first-order valence-corrected chi connectivity index (χ1v) is 6.25. The van der Waals surface area contributed by atoms with Crippen LogP contribution in [-0.4, -0.2) is 16.5 Å². The van der Waals surface area contributed by atoms with Gasteiger partial charge in [0.15, 0.2) is 0 Å². The van der Waals surface area contributed by atoms with E-state index in [-0.39, 0.29) is 6.10 Å². The van der Waals surface area contributed by atoms with Crippen LogP contribution in [0.15, 0.2) is 30.3 Å². The van der Waals surface area contributed by atoms with Gasteiger partial charge in [-0.25, -0.2) is 0 Å². The minimum absolute atomic E-state index is 0.0660. The topological polar surface area (TPSA) is 20.2 Å². The van der Waals surface area contributed by atoms with E-state index in [0.29, 0.717) is 5.25 Å². The van der Waals surface area contributed by atoms with Gasteiger partial charge in [-0.15, -0.1) is 0 Å². The van der Waals surface area contributed by atoms with Gasteiger partial charge in [0.25, 0.3) is 0 Å². The molecule has 14 heavy (non-hydrogen) atoms. The summed E-state index contributed by atoms with van der Waals surface area (Å²) in [6.45, 7) is 0. The molecule has 0 aromatic heterocycles. The van der Waals surface area contributed by atoms with Crippen LogP contribution in [0.5, 0.6) is 0 Å². The first-order chi connectivity index (χ1) is 6.86. The van der Waals surface area contributed by atoms with Crippen molar-refractivity contribution in [3.8, 4) is 0 Å². The molecular formula is C12H16OS. The quantitative estimate of drug-likeness (QED) is 0.824. The first kappa shape index (κ1) is 10.1. The summed E-state index contributed by atoms with van der Waals surface area (Å²) in [6, 6.07) is 10.5. The van der Waals surface area contributed by atoms with Gasteiger partial charge in [-0.05, 0) is 24.8 Å². The van der Waals surface area contributed by atoms with Gasteiger partial charge in [0.05, 0.1) is 6.10 Å². The Morgan fingerprint density at radius 3 is 2.64 bits per heavy atom. The van der Waals surface area contributed by atoms with Gasteiger partial charge in [0, 0.05) is 11.0 Å². The molecule has 0 bridgehead atoms. The van der Waals surface area contributed by atoms with Crippen molar-refractivity contribution in [1.29, 1.82) is 0 Å². The molecule has 1 aromatic rings. The van der Waals surface area contributed by atoms with Crippen molar-refractivity contribution in [2.45, 2.75) is 36.4 Å². The van der Waals surface area contributed by atoms with Crippen LogP contribution in [0.1, 0.15) is 24.8 Å². The normalized spacial score (nSPS) is 26.6. The lowest BCUT2D eigenvalue weighted by Gasteiger charge is -2.13. The lowest BCUT2D eigenvalue weighted by atomic mass is 10.2. The molecule has 2 heteroatoms. The molecule has 2 rings (SSSR count). The number of benzene rings is 1. The summed E-state index contributed by atoms with van der Waals surface area (Å²) in [6.07, 6.45) is 3.29. The Bertz CT molecular complexity index is 273. The van der Waals surface area contributed by atoms with E-state index in [0.717, 1.165) is 12.2 Å². The van der Waals surface area contributed by atoms with Crippen LogP contribution in [0.4, 0.5) is 0 Å². The summed E-state index contributed by atoms with van der Waals surface area (Å²) < 4.78 is 0. The number of thioether (sulfide) groups is 1. The third-order valence-electron chi connectivity index (χ3n) is 2.72. The average Bonchev–Trinajstić information content (AvgIpc) is 2.63. The molecular weight excluding hydrogens is 192 g/mol. The highest BCUT2D eigenvalue weighted by Gasteiger charge is 2.25. The van der Waals surface area contributed by atoms with E-state index in [4.69, 9.17) is 0 Å². The fourth-order valence-electron chi connectivity index (χ4n) is 1.88. The van der Waals surface area contributed by atoms with Crippen LogP contribution in [0.3, 0.4) is 0 Å². The Balaban J connectivity index is 1.82. The summed E-state index contributed by atoms with van der Waals surface area (Å²) >= 11 is 1.90. The number of rotatable bonds is 3. The highest BCUT2D eigenvalue weighted by Crippen LogP contribution is 2.31. The van der Waals surface area contributed by atoms with E-state index in [1.165, 1.54) is 18.4 Å². The molecule has 1 nitrogen and oxygen atoms in total. The smallest absolute Gasteiger partial charge is 0.0658 e. The molecule has 1 fully saturated rings. The summed E-state index contributed by atoms with van der Waals surface area (Å²) in [5.41, 5.74) is 1.36. The molecule has 1 aliphatic carbocycles. The highest BCUT2D eigenvalue weighted by molar-refractivity contribution is 7.99. The van der Waals surface area contributed by atoms with E-state index < -0.39 is 0 Å². The van der Waals surface area contributed by atoms with Crippen molar-refractivity contribution in [3.63, 3.8) is 0 Å². The maximum Gasteiger partial charge on any atom is 0.0658 e. The van der Waals surface area contributed by atoms with Crippen LogP contribution in [0.25, 0.3) is 0 Å². The second-order valence-corrected chi connectivity index (χ2v) is 5.06. The Kier molecular flexibility index (Phi) is 3.49. The van der Waals surface area contributed by atoms with Gasteiger partial charge < -0.3 is 5.11 Å². The molecule has 76 valence electrons. The molecule has 2 atom stereocenters. The zero-order valence-electron chi connectivity index (χ0n) is 8.23. The van der Waals surface area contributed by atoms with E-state index in [1.54, 1.807) is 0 Å². The van der Waals surface area contributed by atoms with Crippen LogP contribution in [0.2, 0.25) is 0 Å². The first-order valence-electron chi connectivity index (χ1n) is 5.20. The second kappa shape index (κ2) is 4.85. The molecule has 1 aromatic carbocycles. The maximum atomic E-state index is 9.65. The van der Waals surface area contributed by atoms with Crippen molar-refractivity contribution in [2.24, 2.45) is 0 Å². The van der Waals surface area contributed by atoms with Crippen LogP contribution in [-0.2, 0) is 5.75 Å². The maximum absolute atomic E-state index is 9.65. The third kappa shape index (κ3) is 2.52. The summed E-state index contributed by atoms with van der Waals surface area (Å²) in [5, 5.41) is 10.1. The van der Waals surface area contributed by atoms with Gasteiger partial charge in [-0.3, -0.25) is 0 Å². The van der Waals surface area contributed by atoms with Gasteiger partial charge >= 0.3 is 0 Å². The molecule has 0 unspecified atom stereocenters. The van der Waals surface area contributed by atoms with Crippen molar-refractivity contribution in [3.05, 3.63) is 35.9 Å². The van der Waals surface area contributed by atoms with Crippen molar-refractivity contribution >= 4 is 11.8 Å². The minimum atomic E-state index is -0.0660. The van der Waals surface area contributed by atoms with Gasteiger partial charge in [0.2, 0.25) is 0 Å². The zero-order valence-corrected chi connectivity index (χ0v) is 9.04. The average molecular weight is 208 g/mol. The third-order valence-corrected chi connectivity index (χ3v) is 4.20. The predicted octanol–water partition coefficient (Wildman–Crippen LogP) is 2.83. The Morgan fingerprint density at radius 1 is 1.21 bits per heavy atom. The Morgan fingerprint density at radius 2 is 2.00 bits per heavy atom. The van der Waals surface area contributed by atoms with Crippen molar-refractivity contribution in [1.82, 2.24) is 0 Å². The lowest BCUT2D eigenvalue weighted by Crippen LogP contribution is -2.15. The van der Waals surface area contributed by atoms with Gasteiger partial charge in [0.1, 0.15) is 0 Å². The molecule has 1 N–H and O–H groups in total. The van der Waals surface area contributed by atoms with Gasteiger partial charge in [-0.2, -0.15) is 11.8 Å². The second-order valence-electron chi connectivity index (χ2n) is 3.83. The molecule has 0 spiro atoms. The Labute approximate surface area is 89.5 Å². The molecule has 0 amide bonds. The summed E-state index contributed by atoms with van der Waals surface area (Å²) in [4.78, 5) is 0. The Hall–Kier alpha value is -0.470. The monoisotopic (exact) mass is 208 g/mol. The van der Waals surface area contributed by atoms with Gasteiger partial charge in [-0.1, -0.05) is 30.3 Å². The fourth-order valence-corrected chi connectivity index (χ4v) is 3.17. The van der Waals surface area contributed by atoms with E-state index >= 15 is 0 Å². The predicted molar refractivity (Wildman–Crippen MR) is 61.4 cm³/mol. The van der Waals surface area contributed by atoms with Crippen molar-refractivity contribution < 1.29 is 5.11 Å². The largest absolute Gasteiger partial charge is 0.392 e. The van der Waals surface area contributed by atoms with E-state index in [9.17, 15) is 5.11 Å². The SMILES string of the molecule is O[C@@H]1CCC[C@H]1SCc1ccccc1. The number of hydrogen-bond donors (Lipinski definition) is 1. The molecule has 0 radical (unpaired) electrons. The molecule has 1 aliphatic rings. The number of aliphatic hydroxyl groups excluding tert-OH is 1. The molecule has 0 heterocycles. The van der Waals surface area contributed by atoms with E-state index in [2.05, 4.69) is 24.3 Å².